The van der Waals surface area contributed by atoms with Gasteiger partial charge in [0, 0.05) is 24.2 Å². The SMILES string of the molecule is CCn1cc(/C=N/NC(=O)C2CC2c2ccccc2)c(C)n1. The molecule has 0 spiro atoms. The summed E-state index contributed by atoms with van der Waals surface area (Å²) in [7, 11) is 0. The summed E-state index contributed by atoms with van der Waals surface area (Å²) in [6.07, 6.45) is 4.49. The first-order chi connectivity index (χ1) is 10.7. The highest BCUT2D eigenvalue weighted by Crippen LogP contribution is 2.47. The van der Waals surface area contributed by atoms with Crippen LogP contribution in [0.3, 0.4) is 0 Å². The summed E-state index contributed by atoms with van der Waals surface area (Å²) in [5.41, 5.74) is 5.71. The second-order valence-electron chi connectivity index (χ2n) is 5.62. The van der Waals surface area contributed by atoms with Crippen LogP contribution in [0, 0.1) is 12.8 Å². The minimum atomic E-state index is -0.00867. The van der Waals surface area contributed by atoms with E-state index in [4.69, 9.17) is 0 Å². The summed E-state index contributed by atoms with van der Waals surface area (Å²) >= 11 is 0. The molecule has 1 N–H and O–H groups in total. The average molecular weight is 296 g/mol. The van der Waals surface area contributed by atoms with Crippen LogP contribution in [0.1, 0.15) is 36.1 Å². The molecule has 0 radical (unpaired) electrons. The molecule has 1 fully saturated rings. The topological polar surface area (TPSA) is 59.3 Å². The number of hydrogen-bond donors (Lipinski definition) is 1. The summed E-state index contributed by atoms with van der Waals surface area (Å²) in [5, 5.41) is 8.40. The molecule has 114 valence electrons. The molecule has 2 unspecified atom stereocenters. The number of carbonyl (C=O) groups is 1. The summed E-state index contributed by atoms with van der Waals surface area (Å²) in [6.45, 7) is 4.79. The molecule has 2 atom stereocenters. The Morgan fingerprint density at radius 3 is 2.91 bits per heavy atom. The Kier molecular flexibility index (Phi) is 4.04. The average Bonchev–Trinajstić information content (AvgIpc) is 3.27. The number of nitrogens with zero attached hydrogens (tertiary/aromatic N) is 3. The maximum absolute atomic E-state index is 12.1. The van der Waals surface area contributed by atoms with Crippen LogP contribution >= 0.6 is 0 Å². The minimum absolute atomic E-state index is 0.00867. The molecule has 1 heterocycles. The molecule has 1 saturated carbocycles. The van der Waals surface area contributed by atoms with E-state index in [2.05, 4.69) is 27.8 Å². The van der Waals surface area contributed by atoms with Crippen LogP contribution < -0.4 is 5.43 Å². The fourth-order valence-electron chi connectivity index (χ4n) is 2.62. The largest absolute Gasteiger partial charge is 0.273 e. The van der Waals surface area contributed by atoms with Gasteiger partial charge in [0.25, 0.3) is 0 Å². The number of hydrazone groups is 1. The number of hydrogen-bond acceptors (Lipinski definition) is 3. The van der Waals surface area contributed by atoms with Crippen LogP contribution in [0.2, 0.25) is 0 Å². The predicted octanol–water partition coefficient (Wildman–Crippen LogP) is 2.47. The van der Waals surface area contributed by atoms with Crippen molar-refractivity contribution in [3.05, 3.63) is 53.3 Å². The Balaban J connectivity index is 1.55. The lowest BCUT2D eigenvalue weighted by Crippen LogP contribution is -2.20. The molecule has 1 amide bonds. The van der Waals surface area contributed by atoms with E-state index >= 15 is 0 Å². The van der Waals surface area contributed by atoms with E-state index in [1.54, 1.807) is 6.21 Å². The van der Waals surface area contributed by atoms with Gasteiger partial charge in [-0.3, -0.25) is 9.48 Å². The highest BCUT2D eigenvalue weighted by Gasteiger charge is 2.43. The summed E-state index contributed by atoms with van der Waals surface area (Å²) in [4.78, 5) is 12.1. The monoisotopic (exact) mass is 296 g/mol. The normalized spacial score (nSPS) is 20.3. The Labute approximate surface area is 130 Å². The van der Waals surface area contributed by atoms with E-state index in [9.17, 15) is 4.79 Å². The maximum atomic E-state index is 12.1. The van der Waals surface area contributed by atoms with E-state index in [1.807, 2.05) is 42.9 Å². The zero-order valence-electron chi connectivity index (χ0n) is 12.9. The van der Waals surface area contributed by atoms with Crippen LogP contribution in [-0.4, -0.2) is 21.9 Å². The lowest BCUT2D eigenvalue weighted by atomic mass is 10.1. The molecule has 1 aromatic heterocycles. The van der Waals surface area contributed by atoms with E-state index in [-0.39, 0.29) is 11.8 Å². The van der Waals surface area contributed by atoms with Crippen molar-refractivity contribution in [2.45, 2.75) is 32.7 Å². The summed E-state index contributed by atoms with van der Waals surface area (Å²) < 4.78 is 1.85. The lowest BCUT2D eigenvalue weighted by molar-refractivity contribution is -0.122. The molecular formula is C17H20N4O. The number of aromatic nitrogens is 2. The molecule has 0 saturated heterocycles. The third kappa shape index (κ3) is 3.08. The van der Waals surface area contributed by atoms with Crippen molar-refractivity contribution < 1.29 is 4.79 Å². The molecule has 1 aliphatic carbocycles. The van der Waals surface area contributed by atoms with Gasteiger partial charge in [-0.15, -0.1) is 0 Å². The van der Waals surface area contributed by atoms with E-state index < -0.39 is 0 Å². The van der Waals surface area contributed by atoms with Crippen molar-refractivity contribution in [2.75, 3.05) is 0 Å². The van der Waals surface area contributed by atoms with E-state index in [0.717, 1.165) is 24.2 Å². The van der Waals surface area contributed by atoms with Gasteiger partial charge in [0.05, 0.1) is 11.9 Å². The number of rotatable bonds is 5. The van der Waals surface area contributed by atoms with Crippen molar-refractivity contribution >= 4 is 12.1 Å². The van der Waals surface area contributed by atoms with Crippen LogP contribution in [0.4, 0.5) is 0 Å². The van der Waals surface area contributed by atoms with Gasteiger partial charge in [-0.25, -0.2) is 5.43 Å². The zero-order chi connectivity index (χ0) is 15.5. The van der Waals surface area contributed by atoms with Gasteiger partial charge in [0.2, 0.25) is 5.91 Å². The number of nitrogens with one attached hydrogen (secondary N) is 1. The van der Waals surface area contributed by atoms with Crippen molar-refractivity contribution in [1.82, 2.24) is 15.2 Å². The van der Waals surface area contributed by atoms with Gasteiger partial charge < -0.3 is 0 Å². The first-order valence-corrected chi connectivity index (χ1v) is 7.61. The van der Waals surface area contributed by atoms with Crippen LogP contribution in [0.5, 0.6) is 0 Å². The highest BCUT2D eigenvalue weighted by atomic mass is 16.2. The molecule has 2 aromatic rings. The summed E-state index contributed by atoms with van der Waals surface area (Å²) in [6, 6.07) is 10.2. The number of benzene rings is 1. The Morgan fingerprint density at radius 2 is 2.23 bits per heavy atom. The van der Waals surface area contributed by atoms with Gasteiger partial charge in [-0.2, -0.15) is 10.2 Å². The fourth-order valence-corrected chi connectivity index (χ4v) is 2.62. The molecule has 1 aliphatic rings. The van der Waals surface area contributed by atoms with Crippen LogP contribution in [0.15, 0.2) is 41.6 Å². The number of carbonyl (C=O) groups excluding carboxylic acids is 1. The van der Waals surface area contributed by atoms with Gasteiger partial charge in [0.15, 0.2) is 0 Å². The molecule has 1 aromatic carbocycles. The maximum Gasteiger partial charge on any atom is 0.243 e. The summed E-state index contributed by atoms with van der Waals surface area (Å²) in [5.74, 6) is 0.366. The quantitative estimate of drug-likeness (QED) is 0.680. The molecule has 3 rings (SSSR count). The molecule has 5 nitrogen and oxygen atoms in total. The third-order valence-corrected chi connectivity index (χ3v) is 4.04. The lowest BCUT2D eigenvalue weighted by Gasteiger charge is -1.99. The Morgan fingerprint density at radius 1 is 1.45 bits per heavy atom. The smallest absolute Gasteiger partial charge is 0.243 e. The number of amides is 1. The third-order valence-electron chi connectivity index (χ3n) is 4.04. The van der Waals surface area contributed by atoms with Crippen molar-refractivity contribution in [3.63, 3.8) is 0 Å². The standard InChI is InChI=1S/C17H20N4O/c1-3-21-11-14(12(2)20-21)10-18-19-17(22)16-9-15(16)13-7-5-4-6-8-13/h4-8,10-11,15-16H,3,9H2,1-2H3,(H,19,22)/b18-10+. The Bertz CT molecular complexity index is 690. The molecule has 5 heteroatoms. The first-order valence-electron chi connectivity index (χ1n) is 7.61. The Hall–Kier alpha value is -2.43. The molecule has 22 heavy (non-hydrogen) atoms. The second-order valence-corrected chi connectivity index (χ2v) is 5.62. The zero-order valence-corrected chi connectivity index (χ0v) is 12.9. The van der Waals surface area contributed by atoms with Crippen molar-refractivity contribution in [1.29, 1.82) is 0 Å². The van der Waals surface area contributed by atoms with Crippen molar-refractivity contribution in [2.24, 2.45) is 11.0 Å². The van der Waals surface area contributed by atoms with Crippen LogP contribution in [-0.2, 0) is 11.3 Å². The molecule has 0 aliphatic heterocycles. The first kappa shape index (κ1) is 14.5. The van der Waals surface area contributed by atoms with Crippen molar-refractivity contribution in [3.8, 4) is 0 Å². The van der Waals surface area contributed by atoms with Gasteiger partial charge >= 0.3 is 0 Å². The predicted molar refractivity (Wildman–Crippen MR) is 85.7 cm³/mol. The van der Waals surface area contributed by atoms with Gasteiger partial charge in [-0.1, -0.05) is 30.3 Å². The fraction of sp³-hybridized carbons (Fsp3) is 0.353. The second kappa shape index (κ2) is 6.13. The minimum Gasteiger partial charge on any atom is -0.273 e. The van der Waals surface area contributed by atoms with Gasteiger partial charge in [0.1, 0.15) is 0 Å². The van der Waals surface area contributed by atoms with Gasteiger partial charge in [-0.05, 0) is 31.7 Å². The molecular weight excluding hydrogens is 276 g/mol. The highest BCUT2D eigenvalue weighted by molar-refractivity contribution is 5.85. The van der Waals surface area contributed by atoms with E-state index in [0.29, 0.717) is 5.92 Å². The van der Waals surface area contributed by atoms with Crippen LogP contribution in [0.25, 0.3) is 0 Å². The molecule has 0 bridgehead atoms. The number of aryl methyl sites for hydroxylation is 2. The van der Waals surface area contributed by atoms with E-state index in [1.165, 1.54) is 5.56 Å².